The smallest absolute Gasteiger partial charge is 0.274 e. The van der Waals surface area contributed by atoms with Crippen LogP contribution in [0, 0.1) is 0 Å². The van der Waals surface area contributed by atoms with Crippen LogP contribution in [0.5, 0.6) is 5.75 Å². The van der Waals surface area contributed by atoms with Crippen LogP contribution >= 0.6 is 0 Å². The van der Waals surface area contributed by atoms with Gasteiger partial charge in [-0.05, 0) is 43.9 Å². The Morgan fingerprint density at radius 2 is 1.70 bits per heavy atom. The standard InChI is InChI=1S/C43H51N7O6Si/c1-28(2)49-18-19-50-32(22-35(51)39(38(50)43(49)54)56-26-29-12-8-6-9-13-29)23-45-42(53)36(31-14-10-7-11-15-31)47-41(52)33-25-48(27-55-20-21-57(3,4)5)40-37(33)46-34(24-44-40)30-16-17-30/h6-15,22,24-25,28,30,36H,16-21,23,26-27H2,1-5H3,(H,45,53)(H,47,52)/t36-/m1/s1. The number of amides is 3. The van der Waals surface area contributed by atoms with Crippen LogP contribution < -0.4 is 20.8 Å². The van der Waals surface area contributed by atoms with Gasteiger partial charge in [0.05, 0.1) is 24.0 Å². The molecular formula is C43H51N7O6Si. The fourth-order valence-electron chi connectivity index (χ4n) is 6.98. The average molecular weight is 790 g/mol. The van der Waals surface area contributed by atoms with E-state index in [1.54, 1.807) is 50.7 Å². The second-order valence-corrected chi connectivity index (χ2v) is 22.0. The quantitative estimate of drug-likeness (QED) is 0.0912. The fourth-order valence-corrected chi connectivity index (χ4v) is 7.74. The molecule has 1 atom stereocenters. The number of pyridine rings is 1. The molecule has 1 aliphatic heterocycles. The first-order valence-corrected chi connectivity index (χ1v) is 23.4. The van der Waals surface area contributed by atoms with Crippen molar-refractivity contribution in [1.29, 1.82) is 0 Å². The Hall–Kier alpha value is -5.60. The van der Waals surface area contributed by atoms with Crippen molar-refractivity contribution < 1.29 is 23.9 Å². The van der Waals surface area contributed by atoms with Crippen LogP contribution in [0.4, 0.5) is 0 Å². The topological polar surface area (TPSA) is 150 Å². The lowest BCUT2D eigenvalue weighted by molar-refractivity contribution is -0.123. The third-order valence-corrected chi connectivity index (χ3v) is 12.1. The van der Waals surface area contributed by atoms with Crippen molar-refractivity contribution >= 4 is 37.0 Å². The lowest BCUT2D eigenvalue weighted by atomic mass is 10.1. The molecule has 13 nitrogen and oxygen atoms in total. The third kappa shape index (κ3) is 9.18. The van der Waals surface area contributed by atoms with Gasteiger partial charge in [-0.2, -0.15) is 0 Å². The molecule has 14 heteroatoms. The van der Waals surface area contributed by atoms with Gasteiger partial charge in [0.25, 0.3) is 11.8 Å². The number of hydrogen-bond acceptors (Lipinski definition) is 8. The number of nitrogens with one attached hydrogen (secondary N) is 2. The predicted octanol–water partition coefficient (Wildman–Crippen LogP) is 6.01. The first-order chi connectivity index (χ1) is 27.4. The Morgan fingerprint density at radius 1 is 0.982 bits per heavy atom. The minimum absolute atomic E-state index is 0.0211. The van der Waals surface area contributed by atoms with E-state index in [2.05, 4.69) is 30.3 Å². The molecule has 0 unspecified atom stereocenters. The third-order valence-electron chi connectivity index (χ3n) is 10.4. The number of fused-ring (bicyclic) bond motifs is 2. The molecule has 2 aliphatic rings. The molecule has 1 fully saturated rings. The molecule has 7 rings (SSSR count). The van der Waals surface area contributed by atoms with E-state index in [1.165, 1.54) is 6.07 Å². The molecule has 0 radical (unpaired) electrons. The van der Waals surface area contributed by atoms with Gasteiger partial charge < -0.3 is 34.1 Å². The Morgan fingerprint density at radius 3 is 2.39 bits per heavy atom. The molecule has 1 aliphatic carbocycles. The molecule has 3 amide bonds. The van der Waals surface area contributed by atoms with E-state index < -0.39 is 31.4 Å². The van der Waals surface area contributed by atoms with Gasteiger partial charge in [0, 0.05) is 57.7 Å². The van der Waals surface area contributed by atoms with Crippen LogP contribution in [-0.2, 0) is 36.0 Å². The summed E-state index contributed by atoms with van der Waals surface area (Å²) in [5.41, 5.74) is 3.70. The molecule has 4 heterocycles. The molecule has 0 bridgehead atoms. The van der Waals surface area contributed by atoms with Crippen molar-refractivity contribution in [2.24, 2.45) is 0 Å². The summed E-state index contributed by atoms with van der Waals surface area (Å²) >= 11 is 0. The molecule has 1 saturated carbocycles. The van der Waals surface area contributed by atoms with Crippen molar-refractivity contribution in [2.75, 3.05) is 13.2 Å². The van der Waals surface area contributed by atoms with Crippen LogP contribution in [0.3, 0.4) is 0 Å². The Balaban J connectivity index is 1.15. The van der Waals surface area contributed by atoms with Crippen LogP contribution in [-0.4, -0.2) is 69.0 Å². The summed E-state index contributed by atoms with van der Waals surface area (Å²) in [7, 11) is -1.31. The number of ether oxygens (including phenoxy) is 2. The van der Waals surface area contributed by atoms with Gasteiger partial charge in [-0.15, -0.1) is 0 Å². The summed E-state index contributed by atoms with van der Waals surface area (Å²) in [5, 5.41) is 5.92. The molecule has 298 valence electrons. The zero-order chi connectivity index (χ0) is 40.3. The van der Waals surface area contributed by atoms with E-state index in [0.717, 1.165) is 30.1 Å². The number of aromatic nitrogens is 4. The van der Waals surface area contributed by atoms with E-state index >= 15 is 0 Å². The molecular weight excluding hydrogens is 739 g/mol. The molecule has 0 spiro atoms. The zero-order valence-electron chi connectivity index (χ0n) is 33.3. The maximum absolute atomic E-state index is 14.2. The first-order valence-electron chi connectivity index (χ1n) is 19.7. The highest BCUT2D eigenvalue weighted by molar-refractivity contribution is 6.76. The average Bonchev–Trinajstić information content (AvgIpc) is 3.98. The number of hydrogen-bond donors (Lipinski definition) is 2. The molecule has 57 heavy (non-hydrogen) atoms. The van der Waals surface area contributed by atoms with Crippen molar-refractivity contribution in [3.63, 3.8) is 0 Å². The monoisotopic (exact) mass is 789 g/mol. The van der Waals surface area contributed by atoms with Gasteiger partial charge in [0.15, 0.2) is 17.1 Å². The van der Waals surface area contributed by atoms with Crippen molar-refractivity contribution in [3.05, 3.63) is 123 Å². The second kappa shape index (κ2) is 16.9. The number of carbonyl (C=O) groups is 3. The maximum atomic E-state index is 14.2. The van der Waals surface area contributed by atoms with E-state index in [4.69, 9.17) is 19.4 Å². The number of rotatable bonds is 16. The van der Waals surface area contributed by atoms with E-state index in [-0.39, 0.29) is 43.3 Å². The van der Waals surface area contributed by atoms with Gasteiger partial charge in [-0.1, -0.05) is 80.3 Å². The van der Waals surface area contributed by atoms with E-state index in [9.17, 15) is 19.2 Å². The van der Waals surface area contributed by atoms with Gasteiger partial charge in [-0.25, -0.2) is 9.97 Å². The van der Waals surface area contributed by atoms with Gasteiger partial charge >= 0.3 is 0 Å². The second-order valence-electron chi connectivity index (χ2n) is 16.3. The normalized spacial score (nSPS) is 14.8. The van der Waals surface area contributed by atoms with Crippen molar-refractivity contribution in [2.45, 2.75) is 96.8 Å². The Kier molecular flexibility index (Phi) is 11.7. The summed E-state index contributed by atoms with van der Waals surface area (Å²) in [6, 6.07) is 19.6. The van der Waals surface area contributed by atoms with Gasteiger partial charge in [0.1, 0.15) is 24.9 Å². The number of benzene rings is 2. The number of carbonyl (C=O) groups excluding carboxylic acids is 3. The fraction of sp³-hybridized carbons (Fsp3) is 0.395. The SMILES string of the molecule is CC(C)N1CCn2c(CNC(=O)[C@H](NC(=O)c3cn(COCC[Si](C)(C)C)c4ncc(C5CC5)nc34)c3ccccc3)cc(=O)c(OCc3ccccc3)c2C1=O. The van der Waals surface area contributed by atoms with Crippen LogP contribution in [0.15, 0.2) is 83.9 Å². The maximum Gasteiger partial charge on any atom is 0.274 e. The highest BCUT2D eigenvalue weighted by Gasteiger charge is 2.33. The molecule has 0 saturated heterocycles. The Labute approximate surface area is 333 Å². The molecule has 3 aromatic heterocycles. The summed E-state index contributed by atoms with van der Waals surface area (Å²) in [4.78, 5) is 67.3. The largest absolute Gasteiger partial charge is 0.483 e. The van der Waals surface area contributed by atoms with E-state index in [1.807, 2.05) is 50.2 Å². The number of nitrogens with zero attached hydrogens (tertiary/aromatic N) is 5. The summed E-state index contributed by atoms with van der Waals surface area (Å²) in [6.07, 6.45) is 5.53. The predicted molar refractivity (Wildman–Crippen MR) is 220 cm³/mol. The van der Waals surface area contributed by atoms with Crippen molar-refractivity contribution in [3.8, 4) is 5.75 Å². The highest BCUT2D eigenvalue weighted by atomic mass is 28.3. The molecule has 2 N–H and O–H groups in total. The van der Waals surface area contributed by atoms with Crippen molar-refractivity contribution in [1.82, 2.24) is 34.6 Å². The molecule has 5 aromatic rings. The minimum Gasteiger partial charge on any atom is -0.483 e. The molecule has 2 aromatic carbocycles. The van der Waals surface area contributed by atoms with Gasteiger partial charge in [0.2, 0.25) is 11.3 Å². The highest BCUT2D eigenvalue weighted by Crippen LogP contribution is 2.39. The summed E-state index contributed by atoms with van der Waals surface area (Å²) in [6.45, 7) is 12.4. The Bertz CT molecular complexity index is 2320. The lowest BCUT2D eigenvalue weighted by Gasteiger charge is -2.35. The minimum atomic E-state index is -1.31. The van der Waals surface area contributed by atoms with Gasteiger partial charge in [-0.3, -0.25) is 19.2 Å². The van der Waals surface area contributed by atoms with Crippen LogP contribution in [0.25, 0.3) is 11.2 Å². The summed E-state index contributed by atoms with van der Waals surface area (Å²) in [5.74, 6) is -0.988. The summed E-state index contributed by atoms with van der Waals surface area (Å²) < 4.78 is 15.6. The lowest BCUT2D eigenvalue weighted by Crippen LogP contribution is -2.47. The first kappa shape index (κ1) is 39.6. The van der Waals surface area contributed by atoms with Crippen LogP contribution in [0.1, 0.15) is 82.0 Å². The van der Waals surface area contributed by atoms with Crippen LogP contribution in [0.2, 0.25) is 25.7 Å². The zero-order valence-corrected chi connectivity index (χ0v) is 34.3. The van der Waals surface area contributed by atoms with E-state index in [0.29, 0.717) is 53.6 Å².